The van der Waals surface area contributed by atoms with E-state index in [-0.39, 0.29) is 48.7 Å². The molecule has 0 N–H and O–H groups in total. The lowest BCUT2D eigenvalue weighted by Gasteiger charge is -2.40. The molecule has 4 heterocycles. The van der Waals surface area contributed by atoms with Crippen LogP contribution < -0.4 is 4.90 Å². The van der Waals surface area contributed by atoms with Crippen LogP contribution in [-0.4, -0.2) is 50.2 Å². The fraction of sp³-hybridized carbons (Fsp3) is 0.478. The topological polar surface area (TPSA) is 67.2 Å². The number of pyridine rings is 1. The van der Waals surface area contributed by atoms with Gasteiger partial charge < -0.3 is 14.4 Å². The minimum absolute atomic E-state index is 0.0470. The van der Waals surface area contributed by atoms with E-state index < -0.39 is 23.7 Å². The van der Waals surface area contributed by atoms with E-state index in [9.17, 15) is 31.1 Å². The Morgan fingerprint density at radius 3 is 2.49 bits per heavy atom. The van der Waals surface area contributed by atoms with Crippen LogP contribution in [0.15, 0.2) is 24.4 Å². The summed E-state index contributed by atoms with van der Waals surface area (Å²) in [5.74, 6) is -1.68. The van der Waals surface area contributed by atoms with Crippen molar-refractivity contribution < 1.29 is 31.1 Å². The molecule has 1 saturated heterocycles. The number of aromatic nitrogens is 4. The van der Waals surface area contributed by atoms with Crippen molar-refractivity contribution in [3.8, 4) is 0 Å². The Hall–Kier alpha value is -3.09. The number of carbonyl (C=O) groups is 1. The van der Waals surface area contributed by atoms with Crippen molar-refractivity contribution in [2.75, 3.05) is 24.5 Å². The number of amides is 1. The Kier molecular flexibility index (Phi) is 6.24. The van der Waals surface area contributed by atoms with Gasteiger partial charge >= 0.3 is 12.4 Å². The molecule has 7 nitrogen and oxygen atoms in total. The van der Waals surface area contributed by atoms with Crippen LogP contribution in [-0.2, 0) is 30.2 Å². The molecule has 198 valence electrons. The van der Waals surface area contributed by atoms with Crippen LogP contribution in [0.4, 0.5) is 32.0 Å². The molecule has 5 rings (SSSR count). The van der Waals surface area contributed by atoms with E-state index in [1.165, 1.54) is 17.2 Å². The van der Waals surface area contributed by atoms with Crippen molar-refractivity contribution in [3.63, 3.8) is 0 Å². The summed E-state index contributed by atoms with van der Waals surface area (Å²) in [6.07, 6.45) is -7.36. The van der Waals surface area contributed by atoms with E-state index in [0.29, 0.717) is 35.6 Å². The molecule has 2 unspecified atom stereocenters. The first kappa shape index (κ1) is 25.6. The molecule has 3 aromatic rings. The summed E-state index contributed by atoms with van der Waals surface area (Å²) in [6, 6.07) is 3.32. The number of hydrogen-bond acceptors (Lipinski definition) is 5. The number of fused-ring (bicyclic) bond motifs is 2. The number of hydrogen-bond donors (Lipinski definition) is 0. The summed E-state index contributed by atoms with van der Waals surface area (Å²) in [7, 11) is 0. The van der Waals surface area contributed by atoms with Gasteiger partial charge in [-0.05, 0) is 24.5 Å². The quantitative estimate of drug-likeness (QED) is 0.422. The Labute approximate surface area is 212 Å². The first-order chi connectivity index (χ1) is 17.3. The smallest absolute Gasteiger partial charge is 0.369 e. The van der Waals surface area contributed by atoms with Gasteiger partial charge in [-0.1, -0.05) is 24.6 Å². The van der Waals surface area contributed by atoms with Crippen molar-refractivity contribution in [2.45, 2.75) is 38.8 Å². The highest BCUT2D eigenvalue weighted by atomic mass is 35.5. The molecule has 2 aliphatic rings. The number of benzene rings is 1. The lowest BCUT2D eigenvalue weighted by Crippen LogP contribution is -2.49. The number of alkyl halides is 6. The predicted octanol–water partition coefficient (Wildman–Crippen LogP) is 5.02. The largest absolute Gasteiger partial charge is 0.451 e. The summed E-state index contributed by atoms with van der Waals surface area (Å²) in [5, 5.41) is 7.65. The van der Waals surface area contributed by atoms with Crippen molar-refractivity contribution in [1.29, 1.82) is 0 Å². The molecule has 37 heavy (non-hydrogen) atoms. The molecule has 1 aromatic carbocycles. The molecule has 1 amide bonds. The zero-order valence-corrected chi connectivity index (χ0v) is 20.2. The highest BCUT2D eigenvalue weighted by Gasteiger charge is 2.41. The van der Waals surface area contributed by atoms with Crippen LogP contribution in [0.25, 0.3) is 10.9 Å². The molecule has 2 atom stereocenters. The van der Waals surface area contributed by atoms with E-state index in [1.54, 1.807) is 0 Å². The van der Waals surface area contributed by atoms with E-state index in [0.717, 1.165) is 16.7 Å². The maximum Gasteiger partial charge on any atom is 0.451 e. The maximum absolute atomic E-state index is 13.3. The molecule has 0 radical (unpaired) electrons. The number of rotatable bonds is 2. The monoisotopic (exact) mass is 546 g/mol. The fourth-order valence-corrected chi connectivity index (χ4v) is 5.43. The van der Waals surface area contributed by atoms with Crippen LogP contribution in [0, 0.1) is 11.8 Å². The van der Waals surface area contributed by atoms with Crippen molar-refractivity contribution in [1.82, 2.24) is 24.6 Å². The van der Waals surface area contributed by atoms with Crippen molar-refractivity contribution >= 4 is 34.1 Å². The summed E-state index contributed by atoms with van der Waals surface area (Å²) < 4.78 is 79.8. The van der Waals surface area contributed by atoms with Gasteiger partial charge in [-0.15, -0.1) is 10.2 Å². The minimum atomic E-state index is -4.62. The second-order valence-corrected chi connectivity index (χ2v) is 9.76. The van der Waals surface area contributed by atoms with Gasteiger partial charge in [0.1, 0.15) is 0 Å². The Bertz CT molecular complexity index is 1360. The molecule has 2 aliphatic heterocycles. The zero-order valence-electron chi connectivity index (χ0n) is 19.4. The van der Waals surface area contributed by atoms with Gasteiger partial charge in [-0.25, -0.2) is 0 Å². The Morgan fingerprint density at radius 1 is 1.05 bits per heavy atom. The van der Waals surface area contributed by atoms with Crippen LogP contribution in [0.2, 0.25) is 5.02 Å². The number of piperidine rings is 1. The van der Waals surface area contributed by atoms with Gasteiger partial charge in [0, 0.05) is 43.7 Å². The minimum Gasteiger partial charge on any atom is -0.369 e. The van der Waals surface area contributed by atoms with Crippen LogP contribution in [0.5, 0.6) is 0 Å². The summed E-state index contributed by atoms with van der Waals surface area (Å²) >= 11 is 6.42. The van der Waals surface area contributed by atoms with Crippen LogP contribution in [0.1, 0.15) is 30.6 Å². The van der Waals surface area contributed by atoms with E-state index >= 15 is 0 Å². The van der Waals surface area contributed by atoms with Gasteiger partial charge in [0.2, 0.25) is 11.7 Å². The number of carbonyl (C=O) groups excluding carboxylic acids is 1. The van der Waals surface area contributed by atoms with Crippen LogP contribution in [0.3, 0.4) is 0 Å². The number of halogens is 7. The molecule has 0 aliphatic carbocycles. The van der Waals surface area contributed by atoms with Gasteiger partial charge in [0.05, 0.1) is 28.3 Å². The fourth-order valence-electron chi connectivity index (χ4n) is 5.16. The van der Waals surface area contributed by atoms with Crippen molar-refractivity contribution in [3.05, 3.63) is 46.6 Å². The third-order valence-electron chi connectivity index (χ3n) is 6.98. The Balaban J connectivity index is 1.32. The average molecular weight is 547 g/mol. The number of nitrogens with zero attached hydrogens (tertiary/aromatic N) is 6. The molecule has 2 aromatic heterocycles. The Morgan fingerprint density at radius 2 is 1.81 bits per heavy atom. The van der Waals surface area contributed by atoms with E-state index in [4.69, 9.17) is 11.6 Å². The molecule has 14 heteroatoms. The van der Waals surface area contributed by atoms with Gasteiger partial charge in [0.25, 0.3) is 0 Å². The van der Waals surface area contributed by atoms with E-state index in [2.05, 4.69) is 15.2 Å². The maximum atomic E-state index is 13.3. The van der Waals surface area contributed by atoms with Crippen LogP contribution >= 0.6 is 11.6 Å². The highest BCUT2D eigenvalue weighted by molar-refractivity contribution is 6.34. The molecular weight excluding hydrogens is 526 g/mol. The number of anilines is 1. The zero-order chi connectivity index (χ0) is 26.7. The summed E-state index contributed by atoms with van der Waals surface area (Å²) in [5.41, 5.74) is -0.0854. The van der Waals surface area contributed by atoms with Gasteiger partial charge in [0.15, 0.2) is 5.82 Å². The normalized spacial score (nSPS) is 20.9. The first-order valence-electron chi connectivity index (χ1n) is 11.5. The van der Waals surface area contributed by atoms with Gasteiger partial charge in [-0.2, -0.15) is 26.3 Å². The molecule has 0 saturated carbocycles. The average Bonchev–Trinajstić information content (AvgIpc) is 3.26. The lowest BCUT2D eigenvalue weighted by molar-refractivity contribution is -0.148. The summed E-state index contributed by atoms with van der Waals surface area (Å²) in [6.45, 7) is 2.73. The second kappa shape index (κ2) is 9.03. The SMILES string of the molecule is CC1CN(c2c(Cl)cnc3cc(C(F)(F)F)ccc23)CCC1C(=O)N1CCn2c(nnc2C(F)(F)F)C1. The molecule has 0 spiro atoms. The lowest BCUT2D eigenvalue weighted by atomic mass is 9.85. The van der Waals surface area contributed by atoms with Gasteiger partial charge in [-0.3, -0.25) is 9.78 Å². The summed E-state index contributed by atoms with van der Waals surface area (Å²) in [4.78, 5) is 20.8. The predicted molar refractivity (Wildman–Crippen MR) is 122 cm³/mol. The third kappa shape index (κ3) is 4.69. The molecular formula is C23H21ClF6N6O. The van der Waals surface area contributed by atoms with Crippen molar-refractivity contribution in [2.24, 2.45) is 11.8 Å². The standard InChI is InChI=1S/C23H21ClF6N6O/c1-12-10-34(19-15-3-2-13(22(25,26)27)8-17(15)31-9-16(19)24)5-4-14(12)20(37)35-6-7-36-18(11-35)32-33-21(36)23(28,29)30/h2-3,8-9,12,14H,4-7,10-11H2,1H3. The third-order valence-corrected chi connectivity index (χ3v) is 7.26. The molecule has 1 fully saturated rings. The van der Waals surface area contributed by atoms with E-state index in [1.807, 2.05) is 11.8 Å². The first-order valence-corrected chi connectivity index (χ1v) is 11.9. The molecule has 0 bridgehead atoms. The highest BCUT2D eigenvalue weighted by Crippen LogP contribution is 2.39. The second-order valence-electron chi connectivity index (χ2n) is 9.35.